The highest BCUT2D eigenvalue weighted by Crippen LogP contribution is 2.11. The standard InChI is InChI=1S/5C9H21FN.C2H2O4.BO3/c5*1-5-9(10)8-11(4,6-2)7-3;3-1(4)2(5)6;2-1(3)4/h5*9H,5-8H2,1-4H3;(H,3,4)(H,5,6);/q5*+1;;-3/p-2. The van der Waals surface area contributed by atoms with E-state index in [0.29, 0.717) is 64.8 Å². The summed E-state index contributed by atoms with van der Waals surface area (Å²) in [6.07, 6.45) is 0.108. The predicted molar refractivity (Wildman–Crippen MR) is 252 cm³/mol. The number of nitrogens with zero attached hydrogens (tertiary/aromatic N) is 5. The highest BCUT2D eigenvalue weighted by molar-refractivity contribution is 6.25. The van der Waals surface area contributed by atoms with Crippen molar-refractivity contribution in [3.8, 4) is 0 Å². The van der Waals surface area contributed by atoms with Gasteiger partial charge in [-0.3, -0.25) is 7.32 Å². The van der Waals surface area contributed by atoms with Crippen LogP contribution in [0.3, 0.4) is 0 Å². The SMILES string of the molecule is CCC(F)C[N+](C)(CC)CC.CCC(F)C[N+](C)(CC)CC.CCC(F)C[N+](C)(CC)CC.CCC(F)C[N+](C)(CC)CC.CCC(F)C[N+](C)(CC)CC.O=C([O-])C(=O)[O-].[O-]B([O-])[O-]. The number of hydrogen-bond donors (Lipinski definition) is 0. The molecule has 0 amide bonds. The zero-order chi connectivity index (χ0) is 53.3. The molecule has 0 aromatic heterocycles. The quantitative estimate of drug-likeness (QED) is 0.0588. The number of quaternary nitrogens is 5. The lowest BCUT2D eigenvalue weighted by molar-refractivity contribution is -0.908. The Morgan fingerprint density at radius 3 is 0.477 bits per heavy atom. The minimum atomic E-state index is -2.92. The van der Waals surface area contributed by atoms with Gasteiger partial charge >= 0.3 is 0 Å². The summed E-state index contributed by atoms with van der Waals surface area (Å²) in [6.45, 7) is 44.3. The number of carboxylic acids is 2. The second kappa shape index (κ2) is 44.8. The molecule has 0 heterocycles. The number of carbonyl (C=O) groups excluding carboxylic acids is 2. The topological polar surface area (TPSA) is 149 Å². The summed E-state index contributed by atoms with van der Waals surface area (Å²) in [4.78, 5) is 17.9. The van der Waals surface area contributed by atoms with Gasteiger partial charge in [0, 0.05) is 0 Å². The molecule has 0 saturated heterocycles. The van der Waals surface area contributed by atoms with E-state index in [-0.39, 0.29) is 0 Å². The molecule has 398 valence electrons. The monoisotopic (exact) mass is 958 g/mol. The van der Waals surface area contributed by atoms with Gasteiger partial charge in [-0.25, -0.2) is 22.0 Å². The van der Waals surface area contributed by atoms with Crippen molar-refractivity contribution >= 4 is 19.3 Å². The first kappa shape index (κ1) is 77.5. The maximum atomic E-state index is 13.0. The molecule has 0 radical (unpaired) electrons. The van der Waals surface area contributed by atoms with Crippen molar-refractivity contribution in [2.45, 2.75) is 167 Å². The van der Waals surface area contributed by atoms with Crippen LogP contribution in [0.1, 0.15) is 136 Å². The molecule has 0 fully saturated rings. The number of hydrogen-bond acceptors (Lipinski definition) is 7. The van der Waals surface area contributed by atoms with Crippen molar-refractivity contribution in [3.63, 3.8) is 0 Å². The third kappa shape index (κ3) is 50.0. The molecule has 65 heavy (non-hydrogen) atoms. The second-order valence-electron chi connectivity index (χ2n) is 18.1. The van der Waals surface area contributed by atoms with Crippen LogP contribution in [0.2, 0.25) is 0 Å². The zero-order valence-corrected chi connectivity index (χ0v) is 45.6. The van der Waals surface area contributed by atoms with Crippen molar-refractivity contribution < 1.29 is 79.2 Å². The third-order valence-electron chi connectivity index (χ3n) is 13.2. The maximum Gasteiger partial charge on any atom is 0.148 e. The van der Waals surface area contributed by atoms with E-state index in [0.717, 1.165) is 87.9 Å². The van der Waals surface area contributed by atoms with E-state index in [4.69, 9.17) is 34.9 Å². The van der Waals surface area contributed by atoms with Gasteiger partial charge in [-0.15, -0.1) is 0 Å². The first-order valence-corrected chi connectivity index (χ1v) is 24.5. The Labute approximate surface area is 397 Å². The van der Waals surface area contributed by atoms with Crippen LogP contribution in [-0.2, 0) is 9.59 Å². The first-order chi connectivity index (χ1) is 29.8. The Balaban J connectivity index is -0.000000123. The Kier molecular flexibility index (Phi) is 53.5. The van der Waals surface area contributed by atoms with Gasteiger partial charge in [-0.1, -0.05) is 34.6 Å². The molecule has 0 spiro atoms. The molecule has 5 atom stereocenters. The fraction of sp³-hybridized carbons (Fsp3) is 0.957. The van der Waals surface area contributed by atoms with Gasteiger partial charge in [0.2, 0.25) is 0 Å². The number of alkyl halides is 5. The summed E-state index contributed by atoms with van der Waals surface area (Å²) in [5, 5.41) is 43.1. The molecule has 5 unspecified atom stereocenters. The summed E-state index contributed by atoms with van der Waals surface area (Å²) < 4.78 is 69.2. The fourth-order valence-corrected chi connectivity index (χ4v) is 5.45. The van der Waals surface area contributed by atoms with Crippen LogP contribution >= 0.6 is 0 Å². The molecular weight excluding hydrogens is 852 g/mol. The van der Waals surface area contributed by atoms with Crippen molar-refractivity contribution in [2.75, 3.05) is 133 Å². The van der Waals surface area contributed by atoms with E-state index in [1.165, 1.54) is 0 Å². The van der Waals surface area contributed by atoms with Crippen LogP contribution in [0.25, 0.3) is 0 Å². The van der Waals surface area contributed by atoms with E-state index < -0.39 is 50.1 Å². The summed E-state index contributed by atoms with van der Waals surface area (Å²) >= 11 is 0. The molecule has 0 aromatic carbocycles. The summed E-state index contributed by atoms with van der Waals surface area (Å²) in [6, 6.07) is 0. The van der Waals surface area contributed by atoms with Gasteiger partial charge in [0.15, 0.2) is 0 Å². The van der Waals surface area contributed by atoms with Crippen molar-refractivity contribution in [3.05, 3.63) is 0 Å². The molecule has 0 bridgehead atoms. The zero-order valence-electron chi connectivity index (χ0n) is 45.6. The third-order valence-corrected chi connectivity index (χ3v) is 13.2. The molecule has 18 heteroatoms. The first-order valence-electron chi connectivity index (χ1n) is 24.5. The number of carbonyl (C=O) groups is 2. The summed E-state index contributed by atoms with van der Waals surface area (Å²) in [7, 11) is 7.65. The molecule has 0 saturated carbocycles. The lowest BCUT2D eigenvalue weighted by Crippen LogP contribution is -2.56. The van der Waals surface area contributed by atoms with E-state index in [9.17, 15) is 22.0 Å². The van der Waals surface area contributed by atoms with Crippen LogP contribution in [-0.4, -0.2) is 206 Å². The van der Waals surface area contributed by atoms with E-state index in [1.54, 1.807) is 0 Å². The van der Waals surface area contributed by atoms with Gasteiger partial charge in [-0.2, -0.15) is 0 Å². The normalized spacial score (nSPS) is 13.8. The molecule has 12 nitrogen and oxygen atoms in total. The van der Waals surface area contributed by atoms with Gasteiger partial charge in [0.05, 0.1) is 113 Å². The van der Waals surface area contributed by atoms with Gasteiger partial charge in [0.1, 0.15) is 63.6 Å². The summed E-state index contributed by atoms with van der Waals surface area (Å²) in [5.74, 6) is -4.37. The molecule has 0 aliphatic heterocycles. The maximum absolute atomic E-state index is 13.0. The number of rotatable bonds is 25. The molecule has 0 rings (SSSR count). The van der Waals surface area contributed by atoms with Gasteiger partial charge in [0.25, 0.3) is 0 Å². The van der Waals surface area contributed by atoms with E-state index in [2.05, 4.69) is 104 Å². The van der Waals surface area contributed by atoms with Crippen LogP contribution < -0.4 is 25.3 Å². The Bertz CT molecular complexity index is 893. The van der Waals surface area contributed by atoms with Gasteiger partial charge in [-0.05, 0) is 101 Å². The fourth-order valence-electron chi connectivity index (χ4n) is 5.45. The van der Waals surface area contributed by atoms with E-state index >= 15 is 0 Å². The Hall–Kier alpha value is -1.67. The lowest BCUT2D eigenvalue weighted by Gasteiger charge is -2.35. The van der Waals surface area contributed by atoms with Crippen molar-refractivity contribution in [1.82, 2.24) is 0 Å². The minimum absolute atomic E-state index is 0.625. The Morgan fingerprint density at radius 2 is 0.431 bits per heavy atom. The van der Waals surface area contributed by atoms with Crippen LogP contribution in [0, 0.1) is 0 Å². The predicted octanol–water partition coefficient (Wildman–Crippen LogP) is 3.64. The molecular formula is C47H105BF5N5O7. The number of aliphatic carboxylic acids is 2. The average Bonchev–Trinajstić information content (AvgIpc) is 3.29. The van der Waals surface area contributed by atoms with Crippen LogP contribution in [0.4, 0.5) is 22.0 Å². The molecule has 0 aliphatic rings. The smallest absolute Gasteiger partial charge is 0.148 e. The van der Waals surface area contributed by atoms with Gasteiger partial charge < -0.3 is 57.3 Å². The largest absolute Gasteiger partial charge is 0.907 e. The Morgan fingerprint density at radius 1 is 0.338 bits per heavy atom. The summed E-state index contributed by atoms with van der Waals surface area (Å²) in [5.41, 5.74) is 0. The number of halogens is 5. The molecule has 0 aromatic rings. The minimum Gasteiger partial charge on any atom is -0.907 e. The van der Waals surface area contributed by atoms with Crippen molar-refractivity contribution in [2.24, 2.45) is 0 Å². The highest BCUT2D eigenvalue weighted by Gasteiger charge is 2.24. The van der Waals surface area contributed by atoms with Crippen molar-refractivity contribution in [1.29, 1.82) is 0 Å². The average molecular weight is 958 g/mol. The van der Waals surface area contributed by atoms with E-state index in [1.807, 2.05) is 34.6 Å². The molecule has 0 aliphatic carbocycles. The van der Waals surface area contributed by atoms with Crippen LogP contribution in [0.5, 0.6) is 0 Å². The van der Waals surface area contributed by atoms with Crippen LogP contribution in [0.15, 0.2) is 0 Å². The second-order valence-corrected chi connectivity index (χ2v) is 18.1. The highest BCUT2D eigenvalue weighted by atomic mass is 19.1. The molecule has 0 N–H and O–H groups in total. The lowest BCUT2D eigenvalue weighted by atomic mass is 10.2. The number of carboxylic acid groups (broad SMARTS) is 2.